The first-order chi connectivity index (χ1) is 8.91. The van der Waals surface area contributed by atoms with Crippen LogP contribution >= 0.6 is 0 Å². The maximum Gasteiger partial charge on any atom is 0.248 e. The van der Waals surface area contributed by atoms with E-state index in [4.69, 9.17) is 5.84 Å². The Morgan fingerprint density at radius 3 is 2.63 bits per heavy atom. The zero-order chi connectivity index (χ0) is 14.0. The second-order valence-corrected chi connectivity index (χ2v) is 5.07. The molecule has 1 aliphatic rings. The first kappa shape index (κ1) is 14.3. The molecule has 0 bridgehead atoms. The van der Waals surface area contributed by atoms with Gasteiger partial charge in [-0.2, -0.15) is 0 Å². The third-order valence-electron chi connectivity index (χ3n) is 3.68. The molecule has 0 heterocycles. The van der Waals surface area contributed by atoms with Gasteiger partial charge in [-0.15, -0.1) is 0 Å². The van der Waals surface area contributed by atoms with Crippen molar-refractivity contribution >= 4 is 0 Å². The van der Waals surface area contributed by atoms with E-state index in [1.54, 1.807) is 0 Å². The number of benzene rings is 1. The Balaban J connectivity index is 2.07. The van der Waals surface area contributed by atoms with E-state index >= 15 is 0 Å². The highest BCUT2D eigenvalue weighted by Crippen LogP contribution is 2.40. The molecule has 0 spiro atoms. The largest absolute Gasteiger partial charge is 0.271 e. The minimum atomic E-state index is -2.67. The van der Waals surface area contributed by atoms with Crippen LogP contribution < -0.4 is 11.3 Å². The van der Waals surface area contributed by atoms with Crippen molar-refractivity contribution in [1.29, 1.82) is 0 Å². The fourth-order valence-corrected chi connectivity index (χ4v) is 2.61. The number of rotatable bonds is 4. The molecule has 2 rings (SSSR count). The highest BCUT2D eigenvalue weighted by Gasteiger charge is 2.42. The van der Waals surface area contributed by atoms with Gasteiger partial charge in [0, 0.05) is 24.9 Å². The molecule has 2 nitrogen and oxygen atoms in total. The smallest absolute Gasteiger partial charge is 0.248 e. The zero-order valence-corrected chi connectivity index (χ0v) is 10.3. The van der Waals surface area contributed by atoms with Gasteiger partial charge in [0.25, 0.3) is 0 Å². The molecule has 19 heavy (non-hydrogen) atoms. The molecule has 6 heteroatoms. The van der Waals surface area contributed by atoms with Gasteiger partial charge >= 0.3 is 0 Å². The van der Waals surface area contributed by atoms with Gasteiger partial charge in [-0.05, 0) is 30.4 Å². The third-order valence-corrected chi connectivity index (χ3v) is 3.68. The summed E-state index contributed by atoms with van der Waals surface area (Å²) >= 11 is 0. The quantitative estimate of drug-likeness (QED) is 0.504. The number of hydrogen-bond donors (Lipinski definition) is 2. The average molecular weight is 276 g/mol. The normalized spacial score (nSPS) is 23.5. The maximum atomic E-state index is 13.5. The number of halogens is 4. The van der Waals surface area contributed by atoms with Crippen LogP contribution in [0.1, 0.15) is 24.8 Å². The van der Waals surface area contributed by atoms with Gasteiger partial charge < -0.3 is 0 Å². The van der Waals surface area contributed by atoms with Crippen molar-refractivity contribution in [3.8, 4) is 0 Å². The summed E-state index contributed by atoms with van der Waals surface area (Å²) < 4.78 is 52.7. The van der Waals surface area contributed by atoms with Crippen molar-refractivity contribution in [2.75, 3.05) is 0 Å². The Morgan fingerprint density at radius 2 is 2.11 bits per heavy atom. The molecular formula is C13H16F4N2. The lowest BCUT2D eigenvalue weighted by Crippen LogP contribution is -2.42. The molecule has 1 fully saturated rings. The molecular weight excluding hydrogens is 260 g/mol. The molecule has 1 saturated carbocycles. The number of nitrogens with two attached hydrogens (primary N) is 1. The Morgan fingerprint density at radius 1 is 1.37 bits per heavy atom. The topological polar surface area (TPSA) is 38.0 Å². The van der Waals surface area contributed by atoms with Crippen molar-refractivity contribution < 1.29 is 17.6 Å². The first-order valence-electron chi connectivity index (χ1n) is 6.19. The number of hydrazine groups is 1. The molecule has 0 radical (unpaired) electrons. The van der Waals surface area contributed by atoms with Crippen molar-refractivity contribution in [2.24, 2.45) is 11.8 Å². The predicted octanol–water partition coefficient (Wildman–Crippen LogP) is 2.77. The van der Waals surface area contributed by atoms with E-state index in [-0.39, 0.29) is 30.7 Å². The van der Waals surface area contributed by atoms with Gasteiger partial charge in [0.15, 0.2) is 0 Å². The minimum absolute atomic E-state index is 0.165. The van der Waals surface area contributed by atoms with E-state index in [9.17, 15) is 17.6 Å². The lowest BCUT2D eigenvalue weighted by molar-refractivity contribution is 0.00330. The van der Waals surface area contributed by atoms with E-state index in [2.05, 4.69) is 5.43 Å². The van der Waals surface area contributed by atoms with Gasteiger partial charge in [0.1, 0.15) is 11.6 Å². The van der Waals surface area contributed by atoms with Crippen molar-refractivity contribution in [1.82, 2.24) is 5.43 Å². The lowest BCUT2D eigenvalue weighted by atomic mass is 9.92. The van der Waals surface area contributed by atoms with Gasteiger partial charge in [-0.25, -0.2) is 17.6 Å². The standard InChI is InChI=1S/C13H16F4N2/c14-10-2-1-8(11(15)6-10)5-12(19-18)9-3-4-13(16,17)7-9/h1-2,6,9,12,19H,3-5,7,18H2. The zero-order valence-electron chi connectivity index (χ0n) is 10.3. The van der Waals surface area contributed by atoms with Crippen molar-refractivity contribution in [3.05, 3.63) is 35.4 Å². The Kier molecular flexibility index (Phi) is 4.10. The summed E-state index contributed by atoms with van der Waals surface area (Å²) in [5.41, 5.74) is 2.76. The van der Waals surface area contributed by atoms with Gasteiger partial charge in [0.05, 0.1) is 0 Å². The highest BCUT2D eigenvalue weighted by atomic mass is 19.3. The van der Waals surface area contributed by atoms with Crippen LogP contribution in [0, 0.1) is 17.6 Å². The minimum Gasteiger partial charge on any atom is -0.271 e. The molecule has 0 amide bonds. The van der Waals surface area contributed by atoms with Crippen LogP contribution in [0.15, 0.2) is 18.2 Å². The molecule has 1 aromatic rings. The molecule has 1 aliphatic carbocycles. The average Bonchev–Trinajstić information content (AvgIpc) is 2.69. The predicted molar refractivity (Wildman–Crippen MR) is 63.5 cm³/mol. The number of hydrogen-bond acceptors (Lipinski definition) is 2. The molecule has 2 atom stereocenters. The van der Waals surface area contributed by atoms with Crippen molar-refractivity contribution in [2.45, 2.75) is 37.6 Å². The molecule has 0 saturated heterocycles. The third kappa shape index (κ3) is 3.45. The number of alkyl halides is 2. The van der Waals surface area contributed by atoms with E-state index in [1.165, 1.54) is 6.07 Å². The number of nitrogens with one attached hydrogen (secondary N) is 1. The Labute approximate surface area is 109 Å². The molecule has 1 aromatic carbocycles. The second kappa shape index (κ2) is 5.46. The Hall–Kier alpha value is -1.14. The molecule has 106 valence electrons. The fourth-order valence-electron chi connectivity index (χ4n) is 2.61. The fraction of sp³-hybridized carbons (Fsp3) is 0.538. The monoisotopic (exact) mass is 276 g/mol. The maximum absolute atomic E-state index is 13.5. The van der Waals surface area contributed by atoms with Crippen molar-refractivity contribution in [3.63, 3.8) is 0 Å². The van der Waals surface area contributed by atoms with Crippen LogP contribution in [0.5, 0.6) is 0 Å². The summed E-state index contributed by atoms with van der Waals surface area (Å²) in [6, 6.07) is 2.82. The van der Waals surface area contributed by atoms with Crippen LogP contribution in [0.2, 0.25) is 0 Å². The molecule has 3 N–H and O–H groups in total. The molecule has 0 aliphatic heterocycles. The summed E-state index contributed by atoms with van der Waals surface area (Å²) in [7, 11) is 0. The molecule has 0 aromatic heterocycles. The Bertz CT molecular complexity index is 450. The van der Waals surface area contributed by atoms with E-state index < -0.39 is 23.6 Å². The SMILES string of the molecule is NNC(Cc1ccc(F)cc1F)C1CCC(F)(F)C1. The van der Waals surface area contributed by atoms with Crippen LogP contribution in [0.25, 0.3) is 0 Å². The second-order valence-electron chi connectivity index (χ2n) is 5.07. The van der Waals surface area contributed by atoms with Gasteiger partial charge in [-0.1, -0.05) is 6.07 Å². The van der Waals surface area contributed by atoms with Gasteiger partial charge in [-0.3, -0.25) is 11.3 Å². The van der Waals surface area contributed by atoms with E-state index in [1.807, 2.05) is 0 Å². The van der Waals surface area contributed by atoms with Gasteiger partial charge in [0.2, 0.25) is 5.92 Å². The van der Waals surface area contributed by atoms with Crippen LogP contribution in [-0.4, -0.2) is 12.0 Å². The summed E-state index contributed by atoms with van der Waals surface area (Å²) in [5, 5.41) is 0. The van der Waals surface area contributed by atoms with Crippen LogP contribution in [0.4, 0.5) is 17.6 Å². The summed E-state index contributed by atoms with van der Waals surface area (Å²) in [5.74, 6) is 1.07. The summed E-state index contributed by atoms with van der Waals surface area (Å²) in [4.78, 5) is 0. The van der Waals surface area contributed by atoms with Crippen LogP contribution in [-0.2, 0) is 6.42 Å². The first-order valence-corrected chi connectivity index (χ1v) is 6.19. The summed E-state index contributed by atoms with van der Waals surface area (Å²) in [6.45, 7) is 0. The highest BCUT2D eigenvalue weighted by molar-refractivity contribution is 5.20. The van der Waals surface area contributed by atoms with Crippen LogP contribution in [0.3, 0.4) is 0 Å². The van der Waals surface area contributed by atoms with E-state index in [0.29, 0.717) is 6.42 Å². The summed E-state index contributed by atoms with van der Waals surface area (Å²) in [6.07, 6.45) is 0.112. The van der Waals surface area contributed by atoms with E-state index in [0.717, 1.165) is 12.1 Å². The lowest BCUT2D eigenvalue weighted by Gasteiger charge is -2.23. The molecule has 2 unspecified atom stereocenters.